The Morgan fingerprint density at radius 1 is 0.385 bits per heavy atom. The molecule has 0 saturated heterocycles. The van der Waals surface area contributed by atoms with Gasteiger partial charge in [-0.2, -0.15) is 0 Å². The Balaban J connectivity index is 1.07. The summed E-state index contributed by atoms with van der Waals surface area (Å²) >= 11 is 1.90. The van der Waals surface area contributed by atoms with Crippen LogP contribution in [0.5, 0.6) is 0 Å². The first kappa shape index (κ1) is 36.8. The summed E-state index contributed by atoms with van der Waals surface area (Å²) in [7, 11) is 0. The molecule has 0 fully saturated rings. The SMILES string of the molecule is CC1(C)c2ccccc2-c2cc(N(c3ccc4c(c3)C3(c5ccccc5S4)c4ccccc4-c4cccc5cccc3c45)c3ccc4c(c3)c3ccccc3n4-c3ccccc3)ccc21. The fraction of sp³-hybridized carbons (Fsp3) is 0.0645. The van der Waals surface area contributed by atoms with Gasteiger partial charge in [-0.1, -0.05) is 171 Å². The third-order valence-corrected chi connectivity index (χ3v) is 16.0. The third kappa shape index (κ3) is 4.96. The van der Waals surface area contributed by atoms with Crippen LogP contribution in [0.25, 0.3) is 60.5 Å². The zero-order chi connectivity index (χ0) is 43.0. The maximum absolute atomic E-state index is 2.53. The molecule has 3 aliphatic rings. The van der Waals surface area contributed by atoms with Crippen molar-refractivity contribution in [3.63, 3.8) is 0 Å². The molecule has 1 unspecified atom stereocenters. The number of anilines is 3. The number of hydrogen-bond acceptors (Lipinski definition) is 2. The monoisotopic (exact) mass is 846 g/mol. The molecule has 306 valence electrons. The number of nitrogens with zero attached hydrogens (tertiary/aromatic N) is 2. The van der Waals surface area contributed by atoms with E-state index in [1.54, 1.807) is 0 Å². The van der Waals surface area contributed by atoms with Crippen LogP contribution in [0, 0.1) is 0 Å². The zero-order valence-electron chi connectivity index (χ0n) is 36.1. The van der Waals surface area contributed by atoms with Gasteiger partial charge in [-0.15, -0.1) is 0 Å². The van der Waals surface area contributed by atoms with E-state index in [4.69, 9.17) is 0 Å². The van der Waals surface area contributed by atoms with Crippen molar-refractivity contribution in [1.29, 1.82) is 0 Å². The number of benzene rings is 10. The minimum absolute atomic E-state index is 0.0953. The van der Waals surface area contributed by atoms with Crippen molar-refractivity contribution in [1.82, 2.24) is 4.57 Å². The predicted octanol–water partition coefficient (Wildman–Crippen LogP) is 16.5. The Morgan fingerprint density at radius 3 is 1.83 bits per heavy atom. The van der Waals surface area contributed by atoms with E-state index in [1.807, 2.05) is 11.8 Å². The van der Waals surface area contributed by atoms with Crippen molar-refractivity contribution >= 4 is 61.4 Å². The van der Waals surface area contributed by atoms with Crippen molar-refractivity contribution in [2.24, 2.45) is 0 Å². The predicted molar refractivity (Wildman–Crippen MR) is 272 cm³/mol. The molecule has 0 amide bonds. The lowest BCUT2D eigenvalue weighted by Gasteiger charge is -2.46. The molecule has 0 bridgehead atoms. The largest absolute Gasteiger partial charge is 0.310 e. The highest BCUT2D eigenvalue weighted by Gasteiger charge is 2.49. The van der Waals surface area contributed by atoms with E-state index in [-0.39, 0.29) is 5.41 Å². The quantitative estimate of drug-likeness (QED) is 0.174. The van der Waals surface area contributed by atoms with E-state index in [0.717, 1.165) is 22.7 Å². The Hall–Kier alpha value is -7.59. The molecule has 0 N–H and O–H groups in total. The number of hydrogen-bond donors (Lipinski definition) is 0. The molecule has 1 aromatic heterocycles. The minimum Gasteiger partial charge on any atom is -0.310 e. The van der Waals surface area contributed by atoms with Crippen LogP contribution in [0.3, 0.4) is 0 Å². The molecule has 65 heavy (non-hydrogen) atoms. The fourth-order valence-electron chi connectivity index (χ4n) is 12.1. The van der Waals surface area contributed by atoms with E-state index in [2.05, 4.69) is 242 Å². The van der Waals surface area contributed by atoms with E-state index < -0.39 is 5.41 Å². The highest BCUT2D eigenvalue weighted by molar-refractivity contribution is 7.99. The Morgan fingerprint density at radius 2 is 0.969 bits per heavy atom. The van der Waals surface area contributed by atoms with Gasteiger partial charge in [0.1, 0.15) is 0 Å². The number of rotatable bonds is 4. The molecular weight excluding hydrogens is 805 g/mol. The average molecular weight is 847 g/mol. The van der Waals surface area contributed by atoms with Gasteiger partial charge in [0.05, 0.1) is 16.4 Å². The fourth-order valence-corrected chi connectivity index (χ4v) is 13.2. The van der Waals surface area contributed by atoms with Crippen LogP contribution in [0.2, 0.25) is 0 Å². The molecule has 14 rings (SSSR count). The second kappa shape index (κ2) is 13.5. The first-order chi connectivity index (χ1) is 32.0. The van der Waals surface area contributed by atoms with E-state index in [1.165, 1.54) is 98.0 Å². The molecule has 1 atom stereocenters. The Labute approximate surface area is 383 Å². The van der Waals surface area contributed by atoms with Crippen molar-refractivity contribution in [2.75, 3.05) is 4.90 Å². The van der Waals surface area contributed by atoms with Crippen LogP contribution in [-0.4, -0.2) is 4.57 Å². The summed E-state index contributed by atoms with van der Waals surface area (Å²) in [5.74, 6) is 0. The van der Waals surface area contributed by atoms with Crippen LogP contribution < -0.4 is 4.90 Å². The summed E-state index contributed by atoms with van der Waals surface area (Å²) in [5.41, 5.74) is 19.6. The van der Waals surface area contributed by atoms with Crippen molar-refractivity contribution in [2.45, 2.75) is 34.5 Å². The zero-order valence-corrected chi connectivity index (χ0v) is 36.9. The summed E-state index contributed by atoms with van der Waals surface area (Å²) < 4.78 is 2.41. The summed E-state index contributed by atoms with van der Waals surface area (Å²) in [5, 5.41) is 5.07. The lowest BCUT2D eigenvalue weighted by atomic mass is 9.59. The highest BCUT2D eigenvalue weighted by Crippen LogP contribution is 2.62. The molecule has 2 aliphatic carbocycles. The van der Waals surface area contributed by atoms with Gasteiger partial charge < -0.3 is 9.47 Å². The summed E-state index contributed by atoms with van der Waals surface area (Å²) in [6.07, 6.45) is 0. The van der Waals surface area contributed by atoms with Gasteiger partial charge in [0.2, 0.25) is 0 Å². The van der Waals surface area contributed by atoms with Crippen molar-refractivity contribution < 1.29 is 0 Å². The normalized spacial score (nSPS) is 16.0. The number of fused-ring (bicyclic) bond motifs is 14. The molecule has 2 heterocycles. The van der Waals surface area contributed by atoms with Gasteiger partial charge >= 0.3 is 0 Å². The molecule has 11 aromatic rings. The van der Waals surface area contributed by atoms with E-state index in [0.29, 0.717) is 0 Å². The van der Waals surface area contributed by atoms with Crippen LogP contribution in [0.1, 0.15) is 47.2 Å². The van der Waals surface area contributed by atoms with E-state index in [9.17, 15) is 0 Å². The minimum atomic E-state index is -0.558. The third-order valence-electron chi connectivity index (χ3n) is 14.8. The van der Waals surface area contributed by atoms with Crippen LogP contribution in [-0.2, 0) is 10.8 Å². The van der Waals surface area contributed by atoms with Gasteiger partial charge in [-0.3, -0.25) is 0 Å². The second-order valence-corrected chi connectivity index (χ2v) is 19.5. The van der Waals surface area contributed by atoms with Gasteiger partial charge in [0, 0.05) is 48.7 Å². The van der Waals surface area contributed by atoms with Gasteiger partial charge in [-0.25, -0.2) is 0 Å². The first-order valence-electron chi connectivity index (χ1n) is 22.7. The maximum Gasteiger partial charge on any atom is 0.0736 e. The van der Waals surface area contributed by atoms with Crippen LogP contribution >= 0.6 is 11.8 Å². The van der Waals surface area contributed by atoms with Gasteiger partial charge in [-0.05, 0) is 139 Å². The van der Waals surface area contributed by atoms with Crippen LogP contribution in [0.15, 0.2) is 228 Å². The molecular formula is C62H42N2S. The lowest BCUT2D eigenvalue weighted by molar-refractivity contribution is 0.660. The molecule has 3 heteroatoms. The topological polar surface area (TPSA) is 8.17 Å². The first-order valence-corrected chi connectivity index (χ1v) is 23.5. The molecule has 0 radical (unpaired) electrons. The Bertz CT molecular complexity index is 3800. The van der Waals surface area contributed by atoms with E-state index >= 15 is 0 Å². The average Bonchev–Trinajstić information content (AvgIpc) is 3.81. The smallest absolute Gasteiger partial charge is 0.0736 e. The lowest BCUT2D eigenvalue weighted by Crippen LogP contribution is -2.36. The van der Waals surface area contributed by atoms with Gasteiger partial charge in [0.25, 0.3) is 0 Å². The molecule has 1 spiro atoms. The van der Waals surface area contributed by atoms with Crippen molar-refractivity contribution in [3.8, 4) is 27.9 Å². The Kier molecular flexibility index (Phi) is 7.63. The summed E-state index contributed by atoms with van der Waals surface area (Å²) in [6.45, 7) is 4.73. The molecule has 1 aliphatic heterocycles. The molecule has 10 aromatic carbocycles. The molecule has 2 nitrogen and oxygen atoms in total. The molecule has 0 saturated carbocycles. The van der Waals surface area contributed by atoms with Crippen molar-refractivity contribution in [3.05, 3.63) is 252 Å². The second-order valence-electron chi connectivity index (χ2n) is 18.4. The number of para-hydroxylation sites is 2. The summed E-state index contributed by atoms with van der Waals surface area (Å²) in [6, 6.07) is 82.2. The summed E-state index contributed by atoms with van der Waals surface area (Å²) in [4.78, 5) is 5.10. The van der Waals surface area contributed by atoms with Crippen LogP contribution in [0.4, 0.5) is 17.1 Å². The standard InChI is InChI=1S/C62H42N2S/c1-61(2)50-24-9-6-21-45(50)48-36-41(30-33-51(48)61)63(42-31-34-57-49(37-42)46-22-8-12-28-56(46)64(57)40-18-4-3-5-19-40)43-32-35-59-55(38-43)62(53-26-11-13-29-58(53)65-59)52-25-10-7-20-44(52)47-23-14-16-39-17-15-27-54(62)60(39)47/h3-38H,1-2H3. The van der Waals surface area contributed by atoms with Gasteiger partial charge in [0.15, 0.2) is 0 Å². The number of aromatic nitrogens is 1. The highest BCUT2D eigenvalue weighted by atomic mass is 32.2. The maximum atomic E-state index is 2.53.